The van der Waals surface area contributed by atoms with Crippen LogP contribution in [0.5, 0.6) is 0 Å². The molecule has 0 bridgehead atoms. The topological polar surface area (TPSA) is 46.9 Å². The van der Waals surface area contributed by atoms with Gasteiger partial charge >= 0.3 is 6.18 Å². The number of carbonyl (C=O) groups excluding carboxylic acids is 1. The molecular formula is C12H4BrClF7N3O. The van der Waals surface area contributed by atoms with Crippen molar-refractivity contribution in [1.82, 2.24) is 9.78 Å². The van der Waals surface area contributed by atoms with Gasteiger partial charge in [0.2, 0.25) is 0 Å². The first-order chi connectivity index (χ1) is 11.4. The molecule has 1 N–H and O–H groups in total. The minimum Gasteiger partial charge on any atom is -0.315 e. The Balaban J connectivity index is 2.50. The number of hydrogen-bond donors (Lipinski definition) is 1. The van der Waals surface area contributed by atoms with Crippen LogP contribution in [0.3, 0.4) is 0 Å². The maximum Gasteiger partial charge on any atom is 0.434 e. The molecule has 13 heteroatoms. The molecule has 4 nitrogen and oxygen atoms in total. The van der Waals surface area contributed by atoms with Crippen LogP contribution in [0.25, 0.3) is 0 Å². The van der Waals surface area contributed by atoms with Gasteiger partial charge in [0.15, 0.2) is 34.7 Å². The van der Waals surface area contributed by atoms with Gasteiger partial charge in [-0.05, 0) is 15.9 Å². The zero-order valence-corrected chi connectivity index (χ0v) is 14.0. The highest BCUT2D eigenvalue weighted by Crippen LogP contribution is 2.37. The lowest BCUT2D eigenvalue weighted by atomic mass is 10.2. The monoisotopic (exact) mass is 453 g/mol. The Morgan fingerprint density at radius 1 is 1.12 bits per heavy atom. The second kappa shape index (κ2) is 6.48. The molecule has 1 aromatic carbocycles. The molecule has 0 atom stereocenters. The number of halogens is 9. The van der Waals surface area contributed by atoms with E-state index in [0.29, 0.717) is 0 Å². The highest BCUT2D eigenvalue weighted by atomic mass is 79.9. The predicted molar refractivity (Wildman–Crippen MR) is 75.1 cm³/mol. The highest BCUT2D eigenvalue weighted by Gasteiger charge is 2.40. The number of carbonyl (C=O) groups is 1. The standard InChI is InChI=1S/C12H4BrClF7N3O/c1-24-10(12(19,20)21)3(14)8(23-24)11(25)22-9-6(17)4(15)2(13)5(16)7(9)18/h1H3,(H,22,25). The third-order valence-corrected chi connectivity index (χ3v) is 3.98. The highest BCUT2D eigenvalue weighted by molar-refractivity contribution is 9.10. The molecule has 2 rings (SSSR count). The summed E-state index contributed by atoms with van der Waals surface area (Å²) in [5.41, 5.74) is -4.08. The minimum atomic E-state index is -4.97. The molecule has 25 heavy (non-hydrogen) atoms. The summed E-state index contributed by atoms with van der Waals surface area (Å²) in [7, 11) is 0.825. The molecule has 0 fully saturated rings. The molecule has 0 unspecified atom stereocenters. The Morgan fingerprint density at radius 3 is 2.00 bits per heavy atom. The van der Waals surface area contributed by atoms with Crippen LogP contribution >= 0.6 is 27.5 Å². The summed E-state index contributed by atoms with van der Waals surface area (Å²) in [6.45, 7) is 0. The molecule has 0 radical (unpaired) electrons. The fourth-order valence-electron chi connectivity index (χ4n) is 1.84. The van der Waals surface area contributed by atoms with Gasteiger partial charge in [-0.1, -0.05) is 11.6 Å². The molecule has 1 heterocycles. The molecule has 136 valence electrons. The van der Waals surface area contributed by atoms with Crippen LogP contribution in [0.15, 0.2) is 4.47 Å². The third-order valence-electron chi connectivity index (χ3n) is 2.92. The van der Waals surface area contributed by atoms with Crippen molar-refractivity contribution in [2.45, 2.75) is 6.18 Å². The maximum absolute atomic E-state index is 13.7. The molecular weight excluding hydrogens is 450 g/mol. The van der Waals surface area contributed by atoms with Crippen molar-refractivity contribution in [3.05, 3.63) is 44.2 Å². The largest absolute Gasteiger partial charge is 0.434 e. The fourth-order valence-corrected chi connectivity index (χ4v) is 2.54. The van der Waals surface area contributed by atoms with Gasteiger partial charge < -0.3 is 5.32 Å². The van der Waals surface area contributed by atoms with Crippen LogP contribution in [0.2, 0.25) is 5.02 Å². The number of alkyl halides is 3. The van der Waals surface area contributed by atoms with E-state index in [1.165, 1.54) is 5.32 Å². The first kappa shape index (κ1) is 19.5. The average molecular weight is 455 g/mol. The summed E-state index contributed by atoms with van der Waals surface area (Å²) in [5, 5.41) is 3.48. The number of aromatic nitrogens is 2. The SMILES string of the molecule is Cn1nc(C(=O)Nc2c(F)c(F)c(Br)c(F)c2F)c(Cl)c1C(F)(F)F. The van der Waals surface area contributed by atoms with E-state index in [-0.39, 0.29) is 4.68 Å². The fraction of sp³-hybridized carbons (Fsp3) is 0.167. The van der Waals surface area contributed by atoms with Gasteiger partial charge in [0.05, 0.1) is 4.47 Å². The molecule has 0 saturated carbocycles. The number of nitrogens with zero attached hydrogens (tertiary/aromatic N) is 2. The molecule has 1 amide bonds. The number of anilines is 1. The van der Waals surface area contributed by atoms with Crippen molar-refractivity contribution in [1.29, 1.82) is 0 Å². The molecule has 0 aliphatic heterocycles. The lowest BCUT2D eigenvalue weighted by Gasteiger charge is -2.09. The van der Waals surface area contributed by atoms with Crippen LogP contribution < -0.4 is 5.32 Å². The number of hydrogen-bond acceptors (Lipinski definition) is 2. The Labute approximate surface area is 147 Å². The number of benzene rings is 1. The average Bonchev–Trinajstić information content (AvgIpc) is 2.82. The number of amides is 1. The van der Waals surface area contributed by atoms with E-state index in [9.17, 15) is 35.5 Å². The van der Waals surface area contributed by atoms with Crippen molar-refractivity contribution < 1.29 is 35.5 Å². The summed E-state index contributed by atoms with van der Waals surface area (Å²) in [5.74, 6) is -9.24. The van der Waals surface area contributed by atoms with E-state index in [1.807, 2.05) is 0 Å². The van der Waals surface area contributed by atoms with Gasteiger partial charge in [0, 0.05) is 7.05 Å². The summed E-state index contributed by atoms with van der Waals surface area (Å²) >= 11 is 7.70. The first-order valence-corrected chi connectivity index (χ1v) is 7.17. The maximum atomic E-state index is 13.7. The molecule has 0 aliphatic carbocycles. The van der Waals surface area contributed by atoms with Crippen molar-refractivity contribution in [3.63, 3.8) is 0 Å². The number of rotatable bonds is 2. The summed E-state index contributed by atoms with van der Waals surface area (Å²) in [4.78, 5) is 11.9. The Hall–Kier alpha value is -1.82. The van der Waals surface area contributed by atoms with E-state index < -0.39 is 61.9 Å². The summed E-state index contributed by atoms with van der Waals surface area (Å²) < 4.78 is 91.6. The Bertz CT molecular complexity index is 852. The van der Waals surface area contributed by atoms with Gasteiger partial charge in [-0.25, -0.2) is 17.6 Å². The zero-order chi connectivity index (χ0) is 19.3. The normalized spacial score (nSPS) is 11.8. The quantitative estimate of drug-likeness (QED) is 0.408. The zero-order valence-electron chi connectivity index (χ0n) is 11.7. The van der Waals surface area contributed by atoms with E-state index in [1.54, 1.807) is 0 Å². The second-order valence-corrected chi connectivity index (χ2v) is 5.70. The van der Waals surface area contributed by atoms with Crippen LogP contribution in [0.1, 0.15) is 16.2 Å². The lowest BCUT2D eigenvalue weighted by molar-refractivity contribution is -0.143. The first-order valence-electron chi connectivity index (χ1n) is 6.00. The van der Waals surface area contributed by atoms with Crippen molar-refractivity contribution in [3.8, 4) is 0 Å². The van der Waals surface area contributed by atoms with Crippen LogP contribution in [-0.4, -0.2) is 15.7 Å². The Morgan fingerprint density at radius 2 is 1.60 bits per heavy atom. The molecule has 2 aromatic rings. The summed E-state index contributed by atoms with van der Waals surface area (Å²) in [6.07, 6.45) is -4.97. The van der Waals surface area contributed by atoms with Gasteiger partial charge in [-0.3, -0.25) is 9.48 Å². The smallest absolute Gasteiger partial charge is 0.315 e. The minimum absolute atomic E-state index is 0.229. The van der Waals surface area contributed by atoms with Crippen molar-refractivity contribution in [2.75, 3.05) is 5.32 Å². The van der Waals surface area contributed by atoms with E-state index >= 15 is 0 Å². The summed E-state index contributed by atoms with van der Waals surface area (Å²) in [6, 6.07) is 0. The van der Waals surface area contributed by atoms with E-state index in [4.69, 9.17) is 11.6 Å². The molecule has 1 aromatic heterocycles. The van der Waals surface area contributed by atoms with Crippen molar-refractivity contribution >= 4 is 39.1 Å². The predicted octanol–water partition coefficient (Wildman–Crippen LogP) is 4.66. The number of nitrogens with one attached hydrogen (secondary N) is 1. The molecule has 0 spiro atoms. The second-order valence-electron chi connectivity index (χ2n) is 4.53. The van der Waals surface area contributed by atoms with Crippen molar-refractivity contribution in [2.24, 2.45) is 7.05 Å². The van der Waals surface area contributed by atoms with Gasteiger partial charge in [0.25, 0.3) is 5.91 Å². The van der Waals surface area contributed by atoms with Gasteiger partial charge in [0.1, 0.15) is 10.7 Å². The number of aryl methyl sites for hydroxylation is 1. The van der Waals surface area contributed by atoms with Gasteiger partial charge in [-0.2, -0.15) is 18.3 Å². The molecule has 0 saturated heterocycles. The van der Waals surface area contributed by atoms with Crippen LogP contribution in [0, 0.1) is 23.3 Å². The van der Waals surface area contributed by atoms with Crippen LogP contribution in [-0.2, 0) is 13.2 Å². The van der Waals surface area contributed by atoms with E-state index in [0.717, 1.165) is 7.05 Å². The lowest BCUT2D eigenvalue weighted by Crippen LogP contribution is -2.17. The van der Waals surface area contributed by atoms with Gasteiger partial charge in [-0.15, -0.1) is 0 Å². The van der Waals surface area contributed by atoms with Crippen LogP contribution in [0.4, 0.5) is 36.4 Å². The van der Waals surface area contributed by atoms with E-state index in [2.05, 4.69) is 21.0 Å². The third kappa shape index (κ3) is 3.32. The Kier molecular flexibility index (Phi) is 5.06. The molecule has 0 aliphatic rings.